The molecule has 1 aliphatic rings. The molecule has 1 fully saturated rings. The van der Waals surface area contributed by atoms with Gasteiger partial charge in [0.2, 0.25) is 5.95 Å². The predicted octanol–water partition coefficient (Wildman–Crippen LogP) is 5.17. The molecule has 0 spiro atoms. The third kappa shape index (κ3) is 5.49. The van der Waals surface area contributed by atoms with E-state index < -0.39 is 0 Å². The zero-order chi connectivity index (χ0) is 23.4. The second-order valence-electron chi connectivity index (χ2n) is 8.47. The van der Waals surface area contributed by atoms with Crippen LogP contribution in [0.5, 0.6) is 0 Å². The molecule has 7 heteroatoms. The third-order valence-corrected chi connectivity index (χ3v) is 5.68. The minimum absolute atomic E-state index is 0.654. The lowest BCUT2D eigenvalue weighted by atomic mass is 10.2. The Morgan fingerprint density at radius 1 is 1.00 bits per heavy atom. The summed E-state index contributed by atoms with van der Waals surface area (Å²) in [7, 11) is 2.00. The molecule has 1 aliphatic heterocycles. The van der Waals surface area contributed by atoms with E-state index in [4.69, 9.17) is 19.7 Å². The predicted molar refractivity (Wildman–Crippen MR) is 137 cm³/mol. The molecule has 3 aromatic rings. The highest BCUT2D eigenvalue weighted by molar-refractivity contribution is 5.96. The molecule has 0 unspecified atom stereocenters. The summed E-state index contributed by atoms with van der Waals surface area (Å²) in [5.74, 6) is 2.28. The molecule has 0 amide bonds. The zero-order valence-electron chi connectivity index (χ0n) is 20.1. The van der Waals surface area contributed by atoms with Gasteiger partial charge < -0.3 is 19.9 Å². The fourth-order valence-electron chi connectivity index (χ4n) is 3.83. The molecule has 7 nitrogen and oxygen atoms in total. The third-order valence-electron chi connectivity index (χ3n) is 5.68. The van der Waals surface area contributed by atoms with Gasteiger partial charge in [0.15, 0.2) is 5.82 Å². The van der Waals surface area contributed by atoms with Gasteiger partial charge in [-0.1, -0.05) is 29.8 Å². The Kier molecular flexibility index (Phi) is 6.89. The van der Waals surface area contributed by atoms with E-state index in [1.807, 2.05) is 37.9 Å². The van der Waals surface area contributed by atoms with E-state index in [1.165, 1.54) is 11.1 Å². The van der Waals surface area contributed by atoms with Crippen LogP contribution < -0.4 is 15.1 Å². The molecule has 0 radical (unpaired) electrons. The van der Waals surface area contributed by atoms with Crippen molar-refractivity contribution in [2.24, 2.45) is 4.99 Å². The van der Waals surface area contributed by atoms with E-state index in [0.717, 1.165) is 47.5 Å². The maximum atomic E-state index is 5.58. The van der Waals surface area contributed by atoms with Gasteiger partial charge in [0.25, 0.3) is 0 Å². The number of nitrogens with one attached hydrogen (secondary N) is 1. The lowest BCUT2D eigenvalue weighted by Crippen LogP contribution is -2.37. The van der Waals surface area contributed by atoms with Crippen LogP contribution in [-0.4, -0.2) is 49.2 Å². The summed E-state index contributed by atoms with van der Waals surface area (Å²) < 4.78 is 5.58. The van der Waals surface area contributed by atoms with Crippen LogP contribution in [0.2, 0.25) is 0 Å². The Morgan fingerprint density at radius 3 is 2.42 bits per heavy atom. The number of aliphatic imine (C=N–C) groups is 1. The molecule has 4 rings (SSSR count). The van der Waals surface area contributed by atoms with E-state index in [9.17, 15) is 0 Å². The molecule has 33 heavy (non-hydrogen) atoms. The summed E-state index contributed by atoms with van der Waals surface area (Å²) in [6.45, 7) is 11.0. The van der Waals surface area contributed by atoms with Gasteiger partial charge in [-0.15, -0.1) is 0 Å². The Labute approximate surface area is 196 Å². The number of benzene rings is 2. The summed E-state index contributed by atoms with van der Waals surface area (Å²) in [6, 6.07) is 16.6. The van der Waals surface area contributed by atoms with Gasteiger partial charge in [0.1, 0.15) is 11.5 Å². The monoisotopic (exact) mass is 444 g/mol. The van der Waals surface area contributed by atoms with Crippen LogP contribution in [0.25, 0.3) is 0 Å². The minimum Gasteiger partial charge on any atom is -0.378 e. The quantitative estimate of drug-likeness (QED) is 0.433. The summed E-state index contributed by atoms with van der Waals surface area (Å²) in [6.07, 6.45) is 0. The normalized spacial score (nSPS) is 14.3. The van der Waals surface area contributed by atoms with Crippen LogP contribution >= 0.6 is 0 Å². The number of hydrogen-bond donors (Lipinski definition) is 1. The molecule has 2 aromatic carbocycles. The first kappa shape index (κ1) is 22.7. The molecule has 0 atom stereocenters. The average Bonchev–Trinajstić information content (AvgIpc) is 2.81. The molecule has 1 aromatic heterocycles. The van der Waals surface area contributed by atoms with Crippen molar-refractivity contribution >= 4 is 34.7 Å². The fourth-order valence-corrected chi connectivity index (χ4v) is 3.83. The fraction of sp³-hybridized carbons (Fsp3) is 0.346. The van der Waals surface area contributed by atoms with Crippen LogP contribution in [-0.2, 0) is 4.74 Å². The summed E-state index contributed by atoms with van der Waals surface area (Å²) in [5, 5.41) is 3.40. The number of amidine groups is 1. The SMILES string of the molecule is CC(=Nc1c(C)nc(N(C)c2ccc(C)cc2)nc1N1CCOCC1)Nc1cccc(C)c1. The lowest BCUT2D eigenvalue weighted by Gasteiger charge is -2.30. The van der Waals surface area contributed by atoms with Gasteiger partial charge in [-0.2, -0.15) is 4.98 Å². The summed E-state index contributed by atoms with van der Waals surface area (Å²) in [4.78, 5) is 19.0. The van der Waals surface area contributed by atoms with Crippen molar-refractivity contribution < 1.29 is 4.74 Å². The largest absolute Gasteiger partial charge is 0.378 e. The van der Waals surface area contributed by atoms with Crippen molar-refractivity contribution in [3.05, 3.63) is 65.4 Å². The van der Waals surface area contributed by atoms with E-state index in [2.05, 4.69) is 60.5 Å². The van der Waals surface area contributed by atoms with Crippen molar-refractivity contribution in [2.45, 2.75) is 27.7 Å². The molecule has 0 bridgehead atoms. The van der Waals surface area contributed by atoms with Crippen LogP contribution in [0.3, 0.4) is 0 Å². The molecule has 1 saturated heterocycles. The van der Waals surface area contributed by atoms with E-state index >= 15 is 0 Å². The van der Waals surface area contributed by atoms with Gasteiger partial charge in [-0.3, -0.25) is 0 Å². The van der Waals surface area contributed by atoms with Crippen LogP contribution in [0.4, 0.5) is 28.8 Å². The van der Waals surface area contributed by atoms with E-state index in [0.29, 0.717) is 19.2 Å². The standard InChI is InChI=1S/C26H32N6O/c1-18-9-11-23(12-10-18)31(5)26-27-20(3)24(25(30-26)32-13-15-33-16-14-32)29-21(4)28-22-8-6-7-19(2)17-22/h6-12,17H,13-16H2,1-5H3,(H,28,29). The first-order valence-corrected chi connectivity index (χ1v) is 11.3. The zero-order valence-corrected chi connectivity index (χ0v) is 20.1. The number of aromatic nitrogens is 2. The van der Waals surface area contributed by atoms with Crippen molar-refractivity contribution in [3.8, 4) is 0 Å². The average molecular weight is 445 g/mol. The first-order valence-electron chi connectivity index (χ1n) is 11.3. The number of rotatable bonds is 5. The number of aryl methyl sites for hydroxylation is 3. The molecule has 0 aliphatic carbocycles. The maximum absolute atomic E-state index is 5.58. The Balaban J connectivity index is 1.71. The number of morpholine rings is 1. The topological polar surface area (TPSA) is 65.9 Å². The van der Waals surface area contributed by atoms with Gasteiger partial charge in [-0.05, 0) is 57.5 Å². The highest BCUT2D eigenvalue weighted by Gasteiger charge is 2.22. The Morgan fingerprint density at radius 2 is 1.73 bits per heavy atom. The molecule has 0 saturated carbocycles. The Hall–Kier alpha value is -3.45. The van der Waals surface area contributed by atoms with E-state index in [1.54, 1.807) is 0 Å². The van der Waals surface area contributed by atoms with Crippen LogP contribution in [0.1, 0.15) is 23.7 Å². The van der Waals surface area contributed by atoms with Crippen LogP contribution in [0, 0.1) is 20.8 Å². The molecular formula is C26H32N6O. The van der Waals surface area contributed by atoms with Gasteiger partial charge in [0.05, 0.1) is 18.9 Å². The van der Waals surface area contributed by atoms with Crippen molar-refractivity contribution in [1.29, 1.82) is 0 Å². The van der Waals surface area contributed by atoms with Crippen molar-refractivity contribution in [1.82, 2.24) is 9.97 Å². The molecule has 172 valence electrons. The Bertz CT molecular complexity index is 1140. The minimum atomic E-state index is 0.654. The number of ether oxygens (including phenoxy) is 1. The first-order chi connectivity index (χ1) is 15.9. The number of anilines is 4. The second kappa shape index (κ2) is 10.0. The maximum Gasteiger partial charge on any atom is 0.231 e. The summed E-state index contributed by atoms with van der Waals surface area (Å²) >= 11 is 0. The van der Waals surface area contributed by atoms with Crippen molar-refractivity contribution in [2.75, 3.05) is 48.5 Å². The number of hydrogen-bond acceptors (Lipinski definition) is 6. The second-order valence-corrected chi connectivity index (χ2v) is 8.47. The van der Waals surface area contributed by atoms with Crippen molar-refractivity contribution in [3.63, 3.8) is 0 Å². The molecule has 2 heterocycles. The molecule has 1 N–H and O–H groups in total. The smallest absolute Gasteiger partial charge is 0.231 e. The van der Waals surface area contributed by atoms with Gasteiger partial charge in [-0.25, -0.2) is 9.98 Å². The molecular weight excluding hydrogens is 412 g/mol. The van der Waals surface area contributed by atoms with Gasteiger partial charge in [0, 0.05) is 31.5 Å². The highest BCUT2D eigenvalue weighted by Crippen LogP contribution is 2.33. The number of nitrogens with zero attached hydrogens (tertiary/aromatic N) is 5. The lowest BCUT2D eigenvalue weighted by molar-refractivity contribution is 0.122. The van der Waals surface area contributed by atoms with Crippen LogP contribution in [0.15, 0.2) is 53.5 Å². The van der Waals surface area contributed by atoms with E-state index in [-0.39, 0.29) is 0 Å². The van der Waals surface area contributed by atoms with Gasteiger partial charge >= 0.3 is 0 Å². The summed E-state index contributed by atoms with van der Waals surface area (Å²) in [5.41, 5.74) is 6.10. The highest BCUT2D eigenvalue weighted by atomic mass is 16.5.